The third kappa shape index (κ3) is 2.93. The maximum absolute atomic E-state index is 12.1. The summed E-state index contributed by atoms with van der Waals surface area (Å²) in [5.41, 5.74) is 1.27. The standard InChI is InChI=1S/C14H11NO2S/c16-9-3-6-11-5-1-2-7-12(11)14(17)15-13-8-4-10-18-13/h1-10H,(H,15,17)/b6-3+. The van der Waals surface area contributed by atoms with Crippen molar-refractivity contribution in [1.82, 2.24) is 0 Å². The fourth-order valence-corrected chi connectivity index (χ4v) is 2.13. The van der Waals surface area contributed by atoms with E-state index in [9.17, 15) is 9.59 Å². The number of benzene rings is 1. The molecule has 4 heteroatoms. The number of anilines is 1. The molecule has 0 aliphatic carbocycles. The Morgan fingerprint density at radius 1 is 1.17 bits per heavy atom. The Morgan fingerprint density at radius 2 is 2.00 bits per heavy atom. The van der Waals surface area contributed by atoms with Crippen molar-refractivity contribution < 1.29 is 9.59 Å². The zero-order chi connectivity index (χ0) is 12.8. The van der Waals surface area contributed by atoms with Gasteiger partial charge < -0.3 is 5.32 Å². The highest BCUT2D eigenvalue weighted by Gasteiger charge is 2.09. The van der Waals surface area contributed by atoms with Gasteiger partial charge in [-0.3, -0.25) is 9.59 Å². The van der Waals surface area contributed by atoms with E-state index < -0.39 is 0 Å². The van der Waals surface area contributed by atoms with Gasteiger partial charge in [-0.1, -0.05) is 24.3 Å². The number of carbonyl (C=O) groups excluding carboxylic acids is 2. The summed E-state index contributed by atoms with van der Waals surface area (Å²) in [7, 11) is 0. The molecule has 3 nitrogen and oxygen atoms in total. The van der Waals surface area contributed by atoms with Crippen LogP contribution in [0.3, 0.4) is 0 Å². The second-order valence-electron chi connectivity index (χ2n) is 3.51. The Balaban J connectivity index is 2.24. The summed E-state index contributed by atoms with van der Waals surface area (Å²) in [6.07, 6.45) is 3.68. The molecule has 90 valence electrons. The van der Waals surface area contributed by atoms with Gasteiger partial charge in [-0.05, 0) is 35.2 Å². The van der Waals surface area contributed by atoms with Gasteiger partial charge in [0.15, 0.2) is 0 Å². The van der Waals surface area contributed by atoms with Crippen LogP contribution in [0.5, 0.6) is 0 Å². The van der Waals surface area contributed by atoms with Crippen molar-refractivity contribution in [2.45, 2.75) is 0 Å². The molecule has 0 aliphatic rings. The quantitative estimate of drug-likeness (QED) is 0.675. The fourth-order valence-electron chi connectivity index (χ4n) is 1.52. The molecule has 0 radical (unpaired) electrons. The van der Waals surface area contributed by atoms with Gasteiger partial charge in [-0.2, -0.15) is 0 Å². The minimum Gasteiger partial charge on any atom is -0.314 e. The van der Waals surface area contributed by atoms with Crippen LogP contribution in [0.2, 0.25) is 0 Å². The van der Waals surface area contributed by atoms with Crippen molar-refractivity contribution in [2.75, 3.05) is 5.32 Å². The average molecular weight is 257 g/mol. The summed E-state index contributed by atoms with van der Waals surface area (Å²) in [6.45, 7) is 0. The summed E-state index contributed by atoms with van der Waals surface area (Å²) in [5, 5.41) is 5.51. The number of carbonyl (C=O) groups is 2. The first-order chi connectivity index (χ1) is 8.81. The lowest BCUT2D eigenvalue weighted by molar-refractivity contribution is -0.104. The van der Waals surface area contributed by atoms with Crippen LogP contribution in [0.15, 0.2) is 47.9 Å². The van der Waals surface area contributed by atoms with Crippen LogP contribution < -0.4 is 5.32 Å². The maximum Gasteiger partial charge on any atom is 0.256 e. The van der Waals surface area contributed by atoms with Crippen LogP contribution in [0.4, 0.5) is 5.00 Å². The molecule has 1 amide bonds. The molecule has 0 atom stereocenters. The number of thiophene rings is 1. The maximum atomic E-state index is 12.1. The third-order valence-electron chi connectivity index (χ3n) is 2.32. The number of rotatable bonds is 4. The van der Waals surface area contributed by atoms with Gasteiger partial charge in [0.25, 0.3) is 5.91 Å². The van der Waals surface area contributed by atoms with Crippen LogP contribution >= 0.6 is 11.3 Å². The van der Waals surface area contributed by atoms with Crippen molar-refractivity contribution in [2.24, 2.45) is 0 Å². The highest BCUT2D eigenvalue weighted by molar-refractivity contribution is 7.14. The Bertz CT molecular complexity index is 573. The third-order valence-corrected chi connectivity index (χ3v) is 3.10. The van der Waals surface area contributed by atoms with Crippen molar-refractivity contribution in [3.63, 3.8) is 0 Å². The zero-order valence-electron chi connectivity index (χ0n) is 9.50. The minimum absolute atomic E-state index is 0.177. The molecule has 0 saturated carbocycles. The molecule has 18 heavy (non-hydrogen) atoms. The Kier molecular flexibility index (Phi) is 4.04. The van der Waals surface area contributed by atoms with E-state index >= 15 is 0 Å². The minimum atomic E-state index is -0.177. The number of amides is 1. The number of nitrogens with one attached hydrogen (secondary N) is 1. The van der Waals surface area contributed by atoms with Crippen molar-refractivity contribution in [1.29, 1.82) is 0 Å². The van der Waals surface area contributed by atoms with Gasteiger partial charge in [0.2, 0.25) is 0 Å². The molecule has 2 aromatic rings. The van der Waals surface area contributed by atoms with E-state index in [-0.39, 0.29) is 5.91 Å². The molecule has 0 aliphatic heterocycles. The number of allylic oxidation sites excluding steroid dienone is 1. The Morgan fingerprint density at radius 3 is 2.72 bits per heavy atom. The molecule has 1 aromatic carbocycles. The fraction of sp³-hybridized carbons (Fsp3) is 0. The Labute approximate surface area is 109 Å². The van der Waals surface area contributed by atoms with E-state index in [0.717, 1.165) is 10.6 Å². The topological polar surface area (TPSA) is 46.2 Å². The first-order valence-electron chi connectivity index (χ1n) is 5.37. The lowest BCUT2D eigenvalue weighted by Crippen LogP contribution is -2.12. The van der Waals surface area contributed by atoms with Crippen LogP contribution in [0.1, 0.15) is 15.9 Å². The van der Waals surface area contributed by atoms with E-state index in [0.29, 0.717) is 11.8 Å². The van der Waals surface area contributed by atoms with E-state index in [1.807, 2.05) is 23.6 Å². The van der Waals surface area contributed by atoms with Crippen LogP contribution in [-0.4, -0.2) is 12.2 Å². The number of aldehydes is 1. The van der Waals surface area contributed by atoms with Gasteiger partial charge in [-0.25, -0.2) is 0 Å². The lowest BCUT2D eigenvalue weighted by atomic mass is 10.1. The highest BCUT2D eigenvalue weighted by atomic mass is 32.1. The molecule has 0 saturated heterocycles. The highest BCUT2D eigenvalue weighted by Crippen LogP contribution is 2.18. The average Bonchev–Trinajstić information content (AvgIpc) is 2.89. The van der Waals surface area contributed by atoms with Gasteiger partial charge >= 0.3 is 0 Å². The van der Waals surface area contributed by atoms with Crippen molar-refractivity contribution >= 4 is 34.6 Å². The van der Waals surface area contributed by atoms with Crippen molar-refractivity contribution in [3.8, 4) is 0 Å². The number of hydrogen-bond donors (Lipinski definition) is 1. The number of hydrogen-bond acceptors (Lipinski definition) is 3. The molecule has 0 fully saturated rings. The summed E-state index contributed by atoms with van der Waals surface area (Å²) < 4.78 is 0. The monoisotopic (exact) mass is 257 g/mol. The predicted molar refractivity (Wildman–Crippen MR) is 73.8 cm³/mol. The van der Waals surface area contributed by atoms with Gasteiger partial charge in [0, 0.05) is 5.56 Å². The van der Waals surface area contributed by atoms with Gasteiger partial charge in [-0.15, -0.1) is 11.3 Å². The predicted octanol–water partition coefficient (Wildman–Crippen LogP) is 3.21. The van der Waals surface area contributed by atoms with Crippen molar-refractivity contribution in [3.05, 3.63) is 59.0 Å². The second kappa shape index (κ2) is 5.93. The van der Waals surface area contributed by atoms with E-state index in [2.05, 4.69) is 5.32 Å². The summed E-state index contributed by atoms with van der Waals surface area (Å²) in [5.74, 6) is -0.177. The molecular weight excluding hydrogens is 246 g/mol. The Hall–Kier alpha value is -2.20. The summed E-state index contributed by atoms with van der Waals surface area (Å²) in [6, 6.07) is 10.9. The molecule has 0 unspecified atom stereocenters. The summed E-state index contributed by atoms with van der Waals surface area (Å²) >= 11 is 1.46. The molecule has 1 heterocycles. The molecule has 0 spiro atoms. The smallest absolute Gasteiger partial charge is 0.256 e. The lowest BCUT2D eigenvalue weighted by Gasteiger charge is -2.05. The SMILES string of the molecule is O=C/C=C/c1ccccc1C(=O)Nc1cccs1. The molecule has 1 aromatic heterocycles. The molecule has 1 N–H and O–H groups in total. The second-order valence-corrected chi connectivity index (χ2v) is 4.46. The van der Waals surface area contributed by atoms with E-state index in [4.69, 9.17) is 0 Å². The molecule has 2 rings (SSSR count). The first kappa shape index (κ1) is 12.3. The van der Waals surface area contributed by atoms with Gasteiger partial charge in [0.05, 0.1) is 5.00 Å². The van der Waals surface area contributed by atoms with E-state index in [1.165, 1.54) is 17.4 Å². The molecule has 0 bridgehead atoms. The normalized spacial score (nSPS) is 10.4. The van der Waals surface area contributed by atoms with Crippen LogP contribution in [0.25, 0.3) is 6.08 Å². The van der Waals surface area contributed by atoms with Crippen LogP contribution in [-0.2, 0) is 4.79 Å². The zero-order valence-corrected chi connectivity index (χ0v) is 10.3. The molecular formula is C14H11NO2S. The largest absolute Gasteiger partial charge is 0.314 e. The summed E-state index contributed by atoms with van der Waals surface area (Å²) in [4.78, 5) is 22.4. The van der Waals surface area contributed by atoms with Gasteiger partial charge in [0.1, 0.15) is 6.29 Å². The first-order valence-corrected chi connectivity index (χ1v) is 6.25. The van der Waals surface area contributed by atoms with E-state index in [1.54, 1.807) is 24.3 Å². The van der Waals surface area contributed by atoms with Crippen LogP contribution in [0, 0.1) is 0 Å².